The lowest BCUT2D eigenvalue weighted by Crippen LogP contribution is -2.29. The van der Waals surface area contributed by atoms with E-state index >= 15 is 0 Å². The maximum atomic E-state index is 11.9. The van der Waals surface area contributed by atoms with E-state index in [4.69, 9.17) is 34.8 Å². The van der Waals surface area contributed by atoms with Crippen LogP contribution in [0.15, 0.2) is 30.3 Å². The first-order valence-electron chi connectivity index (χ1n) is 6.07. The molecule has 0 atom stereocenters. The molecule has 0 aliphatic heterocycles. The van der Waals surface area contributed by atoms with Gasteiger partial charge in [0, 0.05) is 5.02 Å². The molecular weight excluding hydrogens is 367 g/mol. The summed E-state index contributed by atoms with van der Waals surface area (Å²) in [6.07, 6.45) is 0. The summed E-state index contributed by atoms with van der Waals surface area (Å²) in [7, 11) is 0. The molecule has 2 rings (SSSR count). The summed E-state index contributed by atoms with van der Waals surface area (Å²) >= 11 is 17.2. The number of phenolic OH excluding ortho intramolecular Hbond substituents is 2. The highest BCUT2D eigenvalue weighted by atomic mass is 35.5. The minimum absolute atomic E-state index is 0.0162. The van der Waals surface area contributed by atoms with Gasteiger partial charge in [-0.2, -0.15) is 0 Å². The van der Waals surface area contributed by atoms with Crippen molar-refractivity contribution in [1.82, 2.24) is 0 Å². The maximum absolute atomic E-state index is 11.9. The number of para-hydroxylation sites is 1. The van der Waals surface area contributed by atoms with Crippen molar-refractivity contribution in [1.29, 1.82) is 0 Å². The molecule has 4 N–H and O–H groups in total. The molecule has 0 saturated heterocycles. The van der Waals surface area contributed by atoms with Gasteiger partial charge in [0.25, 0.3) is 0 Å². The van der Waals surface area contributed by atoms with Gasteiger partial charge in [-0.25, -0.2) is 0 Å². The van der Waals surface area contributed by atoms with Gasteiger partial charge in [0.2, 0.25) is 0 Å². The standard InChI is InChI=1S/C14H9Cl3N2O4/c15-6-4-8(17)12(21)10(5-6)19-14(23)13(22)18-9-3-1-2-7(16)11(9)20/h1-5,20-21H,(H,18,22)(H,19,23). The molecule has 6 nitrogen and oxygen atoms in total. The summed E-state index contributed by atoms with van der Waals surface area (Å²) in [6.45, 7) is 0. The largest absolute Gasteiger partial charge is 0.504 e. The number of aromatic hydroxyl groups is 2. The van der Waals surface area contributed by atoms with Crippen LogP contribution in [-0.4, -0.2) is 22.0 Å². The number of anilines is 2. The van der Waals surface area contributed by atoms with Gasteiger partial charge >= 0.3 is 11.8 Å². The Bertz CT molecular complexity index is 796. The van der Waals surface area contributed by atoms with Crippen molar-refractivity contribution >= 4 is 58.0 Å². The van der Waals surface area contributed by atoms with E-state index in [9.17, 15) is 19.8 Å². The number of carbonyl (C=O) groups is 2. The Balaban J connectivity index is 2.15. The molecule has 2 amide bonds. The zero-order chi connectivity index (χ0) is 17.1. The Hall–Kier alpha value is -2.15. The van der Waals surface area contributed by atoms with E-state index in [0.717, 1.165) is 0 Å². The van der Waals surface area contributed by atoms with Crippen LogP contribution >= 0.6 is 34.8 Å². The number of carbonyl (C=O) groups excluding carboxylic acids is 2. The van der Waals surface area contributed by atoms with Gasteiger partial charge < -0.3 is 20.8 Å². The van der Waals surface area contributed by atoms with Crippen LogP contribution in [0.1, 0.15) is 0 Å². The molecule has 0 fully saturated rings. The van der Waals surface area contributed by atoms with Crippen LogP contribution in [0.2, 0.25) is 15.1 Å². The van der Waals surface area contributed by atoms with E-state index in [0.29, 0.717) is 0 Å². The van der Waals surface area contributed by atoms with Crippen molar-refractivity contribution in [3.05, 3.63) is 45.4 Å². The normalized spacial score (nSPS) is 10.2. The molecule has 9 heteroatoms. The fourth-order valence-corrected chi connectivity index (χ4v) is 2.30. The number of nitrogens with one attached hydrogen (secondary N) is 2. The summed E-state index contributed by atoms with van der Waals surface area (Å²) in [5.41, 5.74) is -0.163. The molecule has 120 valence electrons. The minimum atomic E-state index is -1.10. The van der Waals surface area contributed by atoms with Gasteiger partial charge in [-0.3, -0.25) is 9.59 Å². The first-order chi connectivity index (χ1) is 10.8. The van der Waals surface area contributed by atoms with Crippen LogP contribution in [0, 0.1) is 0 Å². The van der Waals surface area contributed by atoms with Crippen molar-refractivity contribution in [2.45, 2.75) is 0 Å². The Morgan fingerprint density at radius 2 is 1.39 bits per heavy atom. The molecule has 0 aliphatic carbocycles. The molecule has 2 aromatic rings. The molecule has 0 aromatic heterocycles. The summed E-state index contributed by atoms with van der Waals surface area (Å²) in [4.78, 5) is 23.7. The molecule has 0 unspecified atom stereocenters. The number of amides is 2. The average molecular weight is 376 g/mol. The average Bonchev–Trinajstić information content (AvgIpc) is 2.48. The Morgan fingerprint density at radius 3 is 2.04 bits per heavy atom. The first kappa shape index (κ1) is 17.2. The Morgan fingerprint density at radius 1 is 0.826 bits per heavy atom. The first-order valence-corrected chi connectivity index (χ1v) is 7.21. The Kier molecular flexibility index (Phi) is 5.20. The lowest BCUT2D eigenvalue weighted by molar-refractivity contribution is -0.133. The molecule has 23 heavy (non-hydrogen) atoms. The number of phenols is 2. The molecule has 0 aliphatic rings. The quantitative estimate of drug-likeness (QED) is 0.476. The zero-order valence-electron chi connectivity index (χ0n) is 11.2. The fourth-order valence-electron chi connectivity index (χ4n) is 1.64. The summed E-state index contributed by atoms with van der Waals surface area (Å²) in [5, 5.41) is 23.9. The third-order valence-corrected chi connectivity index (χ3v) is 3.53. The van der Waals surface area contributed by atoms with E-state index in [1.54, 1.807) is 0 Å². The van der Waals surface area contributed by atoms with Gasteiger partial charge in [-0.1, -0.05) is 40.9 Å². The SMILES string of the molecule is O=C(Nc1cccc(Cl)c1O)C(=O)Nc1cc(Cl)cc(Cl)c1O. The van der Waals surface area contributed by atoms with Crippen LogP contribution in [0.4, 0.5) is 11.4 Å². The highest BCUT2D eigenvalue weighted by molar-refractivity contribution is 6.44. The van der Waals surface area contributed by atoms with Crippen LogP contribution in [-0.2, 0) is 9.59 Å². The highest BCUT2D eigenvalue weighted by Gasteiger charge is 2.19. The van der Waals surface area contributed by atoms with Gasteiger partial charge in [-0.05, 0) is 24.3 Å². The van der Waals surface area contributed by atoms with Crippen molar-refractivity contribution in [2.24, 2.45) is 0 Å². The van der Waals surface area contributed by atoms with E-state index < -0.39 is 17.6 Å². The lowest BCUT2D eigenvalue weighted by Gasteiger charge is -2.10. The smallest absolute Gasteiger partial charge is 0.314 e. The number of benzene rings is 2. The van der Waals surface area contributed by atoms with Crippen LogP contribution in [0.25, 0.3) is 0 Å². The van der Waals surface area contributed by atoms with Crippen molar-refractivity contribution in [3.63, 3.8) is 0 Å². The zero-order valence-corrected chi connectivity index (χ0v) is 13.5. The molecule has 0 radical (unpaired) electrons. The van der Waals surface area contributed by atoms with E-state index in [1.807, 2.05) is 0 Å². The highest BCUT2D eigenvalue weighted by Crippen LogP contribution is 2.35. The van der Waals surface area contributed by atoms with Crippen LogP contribution < -0.4 is 10.6 Å². The lowest BCUT2D eigenvalue weighted by atomic mass is 10.2. The molecular formula is C14H9Cl3N2O4. The maximum Gasteiger partial charge on any atom is 0.314 e. The van der Waals surface area contributed by atoms with E-state index in [-0.39, 0.29) is 32.2 Å². The van der Waals surface area contributed by atoms with Gasteiger partial charge in [0.15, 0.2) is 11.5 Å². The molecule has 0 bridgehead atoms. The van der Waals surface area contributed by atoms with Crippen molar-refractivity contribution in [3.8, 4) is 11.5 Å². The Labute approximate surface area is 145 Å². The third kappa shape index (κ3) is 3.98. The fraction of sp³-hybridized carbons (Fsp3) is 0. The second-order valence-corrected chi connectivity index (χ2v) is 5.58. The topological polar surface area (TPSA) is 98.7 Å². The summed E-state index contributed by atoms with van der Waals surface area (Å²) < 4.78 is 0. The second kappa shape index (κ2) is 6.95. The van der Waals surface area contributed by atoms with Gasteiger partial charge in [-0.15, -0.1) is 0 Å². The number of hydrogen-bond donors (Lipinski definition) is 4. The van der Waals surface area contributed by atoms with Crippen molar-refractivity contribution < 1.29 is 19.8 Å². The number of halogens is 3. The second-order valence-electron chi connectivity index (χ2n) is 4.33. The molecule has 0 heterocycles. The minimum Gasteiger partial charge on any atom is -0.504 e. The monoisotopic (exact) mass is 374 g/mol. The molecule has 2 aromatic carbocycles. The van der Waals surface area contributed by atoms with Crippen LogP contribution in [0.3, 0.4) is 0 Å². The molecule has 0 spiro atoms. The molecule has 0 saturated carbocycles. The van der Waals surface area contributed by atoms with E-state index in [1.165, 1.54) is 30.3 Å². The number of hydrogen-bond acceptors (Lipinski definition) is 4. The number of rotatable bonds is 2. The van der Waals surface area contributed by atoms with Gasteiger partial charge in [0.1, 0.15) is 0 Å². The summed E-state index contributed by atoms with van der Waals surface area (Å²) in [5.74, 6) is -2.98. The van der Waals surface area contributed by atoms with Crippen molar-refractivity contribution in [2.75, 3.05) is 10.6 Å². The van der Waals surface area contributed by atoms with Crippen LogP contribution in [0.5, 0.6) is 11.5 Å². The predicted molar refractivity (Wildman–Crippen MR) is 88.5 cm³/mol. The third-order valence-electron chi connectivity index (χ3n) is 2.72. The summed E-state index contributed by atoms with van der Waals surface area (Å²) in [6, 6.07) is 6.76. The van der Waals surface area contributed by atoms with Gasteiger partial charge in [0.05, 0.1) is 21.4 Å². The predicted octanol–water partition coefficient (Wildman–Crippen LogP) is 3.64. The van der Waals surface area contributed by atoms with E-state index in [2.05, 4.69) is 10.6 Å².